The van der Waals surface area contributed by atoms with Gasteiger partial charge in [0.25, 0.3) is 0 Å². The number of nitrogens with zero attached hydrogens (tertiary/aromatic N) is 1. The number of halogens is 1. The van der Waals surface area contributed by atoms with E-state index in [0.717, 1.165) is 0 Å². The molecule has 23 heavy (non-hydrogen) atoms. The molecule has 1 aliphatic heterocycles. The average Bonchev–Trinajstić information content (AvgIpc) is 2.83. The number of benzene rings is 1. The zero-order valence-corrected chi connectivity index (χ0v) is 14.0. The van der Waals surface area contributed by atoms with Gasteiger partial charge in [0.2, 0.25) is 5.91 Å². The third-order valence-corrected chi connectivity index (χ3v) is 5.71. The van der Waals surface area contributed by atoms with E-state index in [0.29, 0.717) is 31.6 Å². The van der Waals surface area contributed by atoms with Crippen LogP contribution in [0.4, 0.5) is 4.39 Å². The Labute approximate surface area is 136 Å². The van der Waals surface area contributed by atoms with Crippen molar-refractivity contribution in [1.82, 2.24) is 4.90 Å². The standard InChI is InChI=1S/C16H22FNO4S/c1-22-8-3-7-18(15-6-9-23(20,21)12-15)16(19)11-13-4-2-5-14(17)10-13/h2,4-5,10,15H,3,6-9,11-12H2,1H3. The highest BCUT2D eigenvalue weighted by atomic mass is 32.2. The van der Waals surface area contributed by atoms with Crippen molar-refractivity contribution in [1.29, 1.82) is 0 Å². The number of hydrogen-bond donors (Lipinski definition) is 0. The summed E-state index contributed by atoms with van der Waals surface area (Å²) in [7, 11) is -1.49. The van der Waals surface area contributed by atoms with Crippen LogP contribution in [0, 0.1) is 5.82 Å². The van der Waals surface area contributed by atoms with Gasteiger partial charge in [-0.25, -0.2) is 12.8 Å². The molecule has 1 atom stereocenters. The quantitative estimate of drug-likeness (QED) is 0.703. The van der Waals surface area contributed by atoms with Crippen molar-refractivity contribution >= 4 is 15.7 Å². The van der Waals surface area contributed by atoms with Gasteiger partial charge < -0.3 is 9.64 Å². The smallest absolute Gasteiger partial charge is 0.227 e. The molecule has 1 aliphatic rings. The lowest BCUT2D eigenvalue weighted by Crippen LogP contribution is -2.42. The van der Waals surface area contributed by atoms with E-state index in [2.05, 4.69) is 0 Å². The topological polar surface area (TPSA) is 63.7 Å². The lowest BCUT2D eigenvalue weighted by atomic mass is 10.1. The molecular formula is C16H22FNO4S. The van der Waals surface area contributed by atoms with Crippen molar-refractivity contribution < 1.29 is 22.3 Å². The number of sulfone groups is 1. The molecule has 0 bridgehead atoms. The molecule has 5 nitrogen and oxygen atoms in total. The monoisotopic (exact) mass is 343 g/mol. The van der Waals surface area contributed by atoms with Crippen LogP contribution in [0.2, 0.25) is 0 Å². The molecule has 1 amide bonds. The second-order valence-electron chi connectivity index (χ2n) is 5.80. The molecule has 1 aromatic carbocycles. The molecule has 0 radical (unpaired) electrons. The molecule has 128 valence electrons. The Bertz CT molecular complexity index is 647. The first-order valence-electron chi connectivity index (χ1n) is 7.64. The summed E-state index contributed by atoms with van der Waals surface area (Å²) in [5.74, 6) is -0.431. The average molecular weight is 343 g/mol. The van der Waals surface area contributed by atoms with Gasteiger partial charge in [-0.15, -0.1) is 0 Å². The van der Waals surface area contributed by atoms with Gasteiger partial charge in [-0.3, -0.25) is 4.79 Å². The maximum atomic E-state index is 13.2. The third kappa shape index (κ3) is 5.28. The number of carbonyl (C=O) groups excluding carboxylic acids is 1. The van der Waals surface area contributed by atoms with Gasteiger partial charge in [-0.2, -0.15) is 0 Å². The molecule has 1 aromatic rings. The van der Waals surface area contributed by atoms with E-state index in [1.807, 2.05) is 0 Å². The minimum absolute atomic E-state index is 0.00880. The fourth-order valence-electron chi connectivity index (χ4n) is 2.83. The summed E-state index contributed by atoms with van der Waals surface area (Å²) in [6.45, 7) is 0.950. The molecule has 0 saturated carbocycles. The van der Waals surface area contributed by atoms with E-state index in [4.69, 9.17) is 4.74 Å². The summed E-state index contributed by atoms with van der Waals surface area (Å²) in [5.41, 5.74) is 0.590. The van der Waals surface area contributed by atoms with Crippen molar-refractivity contribution in [3.8, 4) is 0 Å². The number of methoxy groups -OCH3 is 1. The van der Waals surface area contributed by atoms with Crippen LogP contribution < -0.4 is 0 Å². The summed E-state index contributed by atoms with van der Waals surface area (Å²) < 4.78 is 41.6. The van der Waals surface area contributed by atoms with Crippen LogP contribution in [-0.4, -0.2) is 57.0 Å². The second-order valence-corrected chi connectivity index (χ2v) is 8.03. The Morgan fingerprint density at radius 3 is 2.83 bits per heavy atom. The molecule has 1 heterocycles. The van der Waals surface area contributed by atoms with E-state index in [1.54, 1.807) is 24.1 Å². The molecule has 1 saturated heterocycles. The van der Waals surface area contributed by atoms with Crippen LogP contribution in [0.5, 0.6) is 0 Å². The van der Waals surface area contributed by atoms with Crippen molar-refractivity contribution in [3.05, 3.63) is 35.6 Å². The highest BCUT2D eigenvalue weighted by Crippen LogP contribution is 2.19. The summed E-state index contributed by atoms with van der Waals surface area (Å²) in [4.78, 5) is 14.2. The normalized spacial score (nSPS) is 19.7. The summed E-state index contributed by atoms with van der Waals surface area (Å²) in [5, 5.41) is 0. The highest BCUT2D eigenvalue weighted by Gasteiger charge is 2.34. The van der Waals surface area contributed by atoms with E-state index < -0.39 is 9.84 Å². The van der Waals surface area contributed by atoms with Crippen LogP contribution in [0.3, 0.4) is 0 Å². The maximum Gasteiger partial charge on any atom is 0.227 e. The number of ether oxygens (including phenoxy) is 1. The van der Waals surface area contributed by atoms with Gasteiger partial charge >= 0.3 is 0 Å². The first-order chi connectivity index (χ1) is 10.9. The molecule has 1 fully saturated rings. The van der Waals surface area contributed by atoms with Gasteiger partial charge in [-0.05, 0) is 30.5 Å². The van der Waals surface area contributed by atoms with E-state index in [1.165, 1.54) is 12.1 Å². The Kier molecular flexibility index (Phi) is 6.12. The molecule has 0 aliphatic carbocycles. The van der Waals surface area contributed by atoms with Gasteiger partial charge in [0, 0.05) is 26.3 Å². The van der Waals surface area contributed by atoms with E-state index in [-0.39, 0.29) is 35.7 Å². The zero-order valence-electron chi connectivity index (χ0n) is 13.2. The van der Waals surface area contributed by atoms with Crippen molar-refractivity contribution in [2.75, 3.05) is 31.8 Å². The van der Waals surface area contributed by atoms with Gasteiger partial charge in [-0.1, -0.05) is 12.1 Å². The van der Waals surface area contributed by atoms with Crippen molar-refractivity contribution in [2.45, 2.75) is 25.3 Å². The van der Waals surface area contributed by atoms with Crippen molar-refractivity contribution in [3.63, 3.8) is 0 Å². The first-order valence-corrected chi connectivity index (χ1v) is 9.47. The third-order valence-electron chi connectivity index (χ3n) is 3.96. The number of amides is 1. The summed E-state index contributed by atoms with van der Waals surface area (Å²) >= 11 is 0. The molecule has 0 aromatic heterocycles. The maximum absolute atomic E-state index is 13.2. The SMILES string of the molecule is COCCCN(C(=O)Cc1cccc(F)c1)C1CCS(=O)(=O)C1. The van der Waals surface area contributed by atoms with Gasteiger partial charge in [0.1, 0.15) is 5.82 Å². The fraction of sp³-hybridized carbons (Fsp3) is 0.562. The number of carbonyl (C=O) groups is 1. The molecular weight excluding hydrogens is 321 g/mol. The fourth-order valence-corrected chi connectivity index (χ4v) is 4.57. The van der Waals surface area contributed by atoms with Crippen LogP contribution in [0.1, 0.15) is 18.4 Å². The number of rotatable bonds is 7. The van der Waals surface area contributed by atoms with E-state index in [9.17, 15) is 17.6 Å². The summed E-state index contributed by atoms with van der Waals surface area (Å²) in [6, 6.07) is 5.62. The Hall–Kier alpha value is -1.47. The lowest BCUT2D eigenvalue weighted by molar-refractivity contribution is -0.132. The van der Waals surface area contributed by atoms with Crippen molar-refractivity contribution in [2.24, 2.45) is 0 Å². The molecule has 0 spiro atoms. The minimum atomic E-state index is -3.07. The van der Waals surface area contributed by atoms with Crippen LogP contribution in [0.25, 0.3) is 0 Å². The van der Waals surface area contributed by atoms with Gasteiger partial charge in [0.05, 0.1) is 17.9 Å². The predicted molar refractivity (Wildman–Crippen MR) is 85.4 cm³/mol. The predicted octanol–water partition coefficient (Wildman–Crippen LogP) is 1.42. The van der Waals surface area contributed by atoms with E-state index >= 15 is 0 Å². The van der Waals surface area contributed by atoms with Crippen LogP contribution >= 0.6 is 0 Å². The van der Waals surface area contributed by atoms with Crippen LogP contribution in [0.15, 0.2) is 24.3 Å². The minimum Gasteiger partial charge on any atom is -0.385 e. The Morgan fingerprint density at radius 1 is 1.43 bits per heavy atom. The summed E-state index contributed by atoms with van der Waals surface area (Å²) in [6.07, 6.45) is 1.17. The Balaban J connectivity index is 2.07. The lowest BCUT2D eigenvalue weighted by Gasteiger charge is -2.28. The zero-order chi connectivity index (χ0) is 16.9. The van der Waals surface area contributed by atoms with Gasteiger partial charge in [0.15, 0.2) is 9.84 Å². The molecule has 0 N–H and O–H groups in total. The van der Waals surface area contributed by atoms with Crippen LogP contribution in [-0.2, 0) is 25.8 Å². The Morgan fingerprint density at radius 2 is 2.22 bits per heavy atom. The highest BCUT2D eigenvalue weighted by molar-refractivity contribution is 7.91. The number of hydrogen-bond acceptors (Lipinski definition) is 4. The largest absolute Gasteiger partial charge is 0.385 e. The molecule has 1 unspecified atom stereocenters. The first kappa shape index (κ1) is 17.9. The second kappa shape index (κ2) is 7.88. The molecule has 7 heteroatoms. The molecule has 2 rings (SSSR count).